The van der Waals surface area contributed by atoms with Gasteiger partial charge in [0.25, 0.3) is 0 Å². The predicted molar refractivity (Wildman–Crippen MR) is 246 cm³/mol. The molecule has 3 aromatic rings. The molecule has 0 saturated heterocycles. The molecule has 0 bridgehead atoms. The summed E-state index contributed by atoms with van der Waals surface area (Å²) in [7, 11) is 0. The van der Waals surface area contributed by atoms with E-state index in [-0.39, 0.29) is 38.5 Å². The van der Waals surface area contributed by atoms with Crippen LogP contribution in [0.5, 0.6) is 0 Å². The van der Waals surface area contributed by atoms with Gasteiger partial charge in [0.05, 0.1) is 19.3 Å². The van der Waals surface area contributed by atoms with E-state index in [9.17, 15) is 88.2 Å². The van der Waals surface area contributed by atoms with Crippen molar-refractivity contribution in [2.45, 2.75) is 94.0 Å². The van der Waals surface area contributed by atoms with Gasteiger partial charge in [-0.15, -0.1) is 0 Å². The normalized spacial score (nSPS) is 17.6. The molecular formula is C48H54N6O18. The Hall–Kier alpha value is -8.70. The number of benzene rings is 3. The van der Waals surface area contributed by atoms with E-state index in [0.29, 0.717) is 16.7 Å². The van der Waals surface area contributed by atoms with Crippen LogP contribution in [0.2, 0.25) is 0 Å². The van der Waals surface area contributed by atoms with Crippen molar-refractivity contribution in [3.8, 4) is 0 Å². The Morgan fingerprint density at radius 2 is 0.569 bits per heavy atom. The van der Waals surface area contributed by atoms with Crippen molar-refractivity contribution >= 4 is 71.3 Å². The molecule has 384 valence electrons. The Bertz CT molecular complexity index is 2200. The Balaban J connectivity index is 1.73. The van der Waals surface area contributed by atoms with Crippen molar-refractivity contribution < 1.29 is 88.2 Å². The van der Waals surface area contributed by atoms with Gasteiger partial charge >= 0.3 is 35.8 Å². The lowest BCUT2D eigenvalue weighted by molar-refractivity contribution is -0.147. The molecule has 0 aromatic heterocycles. The van der Waals surface area contributed by atoms with Crippen LogP contribution in [-0.4, -0.2) is 138 Å². The average Bonchev–Trinajstić information content (AvgIpc) is 3.32. The summed E-state index contributed by atoms with van der Waals surface area (Å²) in [5.74, 6) is -19.9. The second kappa shape index (κ2) is 26.9. The Morgan fingerprint density at radius 3 is 0.764 bits per heavy atom. The van der Waals surface area contributed by atoms with E-state index in [4.69, 9.17) is 0 Å². The Kier molecular flexibility index (Phi) is 20.9. The number of aliphatic carboxylic acids is 6. The van der Waals surface area contributed by atoms with Crippen LogP contribution in [0.4, 0.5) is 0 Å². The van der Waals surface area contributed by atoms with Crippen molar-refractivity contribution in [1.82, 2.24) is 31.9 Å². The van der Waals surface area contributed by atoms with Gasteiger partial charge in [-0.1, -0.05) is 91.0 Å². The topological polar surface area (TPSA) is 398 Å². The van der Waals surface area contributed by atoms with Crippen LogP contribution in [0.15, 0.2) is 91.0 Å². The van der Waals surface area contributed by atoms with Gasteiger partial charge in [-0.2, -0.15) is 0 Å². The number of hydrogen-bond donors (Lipinski definition) is 12. The van der Waals surface area contributed by atoms with E-state index in [0.717, 1.165) is 0 Å². The first-order valence-corrected chi connectivity index (χ1v) is 22.4. The lowest BCUT2D eigenvalue weighted by atomic mass is 9.73. The number of carboxylic acids is 6. The smallest absolute Gasteiger partial charge is 0.326 e. The van der Waals surface area contributed by atoms with Gasteiger partial charge in [0.1, 0.15) is 36.3 Å². The van der Waals surface area contributed by atoms with Gasteiger partial charge in [-0.3, -0.25) is 43.2 Å². The van der Waals surface area contributed by atoms with Crippen LogP contribution in [0.25, 0.3) is 0 Å². The molecule has 0 aliphatic heterocycles. The van der Waals surface area contributed by atoms with Crippen LogP contribution in [0.3, 0.4) is 0 Å². The summed E-state index contributed by atoms with van der Waals surface area (Å²) in [5.41, 5.74) is 1.40. The van der Waals surface area contributed by atoms with E-state index in [1.807, 2.05) is 0 Å². The van der Waals surface area contributed by atoms with Crippen molar-refractivity contribution in [3.05, 3.63) is 108 Å². The van der Waals surface area contributed by atoms with Gasteiger partial charge in [0.15, 0.2) is 0 Å². The van der Waals surface area contributed by atoms with Crippen LogP contribution >= 0.6 is 0 Å². The first kappa shape index (κ1) is 55.9. The molecule has 0 radical (unpaired) electrons. The summed E-state index contributed by atoms with van der Waals surface area (Å²) in [5, 5.41) is 70.8. The largest absolute Gasteiger partial charge is 0.481 e. The minimum absolute atomic E-state index is 0.261. The summed E-state index contributed by atoms with van der Waals surface area (Å²) in [4.78, 5) is 154. The molecule has 4 rings (SSSR count). The minimum Gasteiger partial charge on any atom is -0.481 e. The number of carbonyl (C=O) groups excluding carboxylic acids is 6. The monoisotopic (exact) mass is 1000 g/mol. The summed E-state index contributed by atoms with van der Waals surface area (Å²) < 4.78 is 0. The first-order chi connectivity index (χ1) is 34.1. The zero-order valence-electron chi connectivity index (χ0n) is 38.3. The molecule has 24 heteroatoms. The molecule has 1 fully saturated rings. The number of rotatable bonds is 27. The highest BCUT2D eigenvalue weighted by Crippen LogP contribution is 2.35. The maximum absolute atomic E-state index is 14.4. The Labute approximate surface area is 409 Å². The van der Waals surface area contributed by atoms with E-state index in [1.165, 1.54) is 0 Å². The quantitative estimate of drug-likeness (QED) is 0.0451. The van der Waals surface area contributed by atoms with Crippen molar-refractivity contribution in [3.63, 3.8) is 0 Å². The molecule has 72 heavy (non-hydrogen) atoms. The molecule has 1 aliphatic rings. The van der Waals surface area contributed by atoms with Crippen LogP contribution in [0, 0.1) is 17.8 Å². The lowest BCUT2D eigenvalue weighted by Crippen LogP contribution is -2.56. The molecule has 1 aliphatic carbocycles. The molecule has 0 spiro atoms. The number of hydrogen-bond acceptors (Lipinski definition) is 12. The van der Waals surface area contributed by atoms with Gasteiger partial charge in [0.2, 0.25) is 35.4 Å². The maximum Gasteiger partial charge on any atom is 0.326 e. The Morgan fingerprint density at radius 1 is 0.347 bits per heavy atom. The standard InChI is InChI=1S/C48H54N6O18/c55-37(56)22-34(46(67)68)52-43(64)31(16-25-10-4-1-5-11-25)49-40(61)28-19-29(41(62)50-32(17-26-12-6-2-7-13-26)44(65)53-35(47(69)70)23-38(57)58)21-30(20-28)42(63)51-33(18-27-14-8-3-9-15-27)45(66)54-36(48(71)72)24-39(59)60/h1-15,28-36H,16-24H2,(H,49,61)(H,50,62)(H,51,63)(H,52,64)(H,53,65)(H,54,66)(H,55,56)(H,57,58)(H,59,60)(H,67,68)(H,69,70)(H,71,72)/t28?,29?,30?,31-,32-,33-,34-,35-,36-/m0/s1. The number of carbonyl (C=O) groups is 12. The molecule has 0 heterocycles. The van der Waals surface area contributed by atoms with Gasteiger partial charge in [0, 0.05) is 37.0 Å². The van der Waals surface area contributed by atoms with Gasteiger partial charge in [-0.25, -0.2) is 14.4 Å². The molecule has 12 N–H and O–H groups in total. The van der Waals surface area contributed by atoms with Crippen molar-refractivity contribution in [1.29, 1.82) is 0 Å². The van der Waals surface area contributed by atoms with E-state index >= 15 is 0 Å². The van der Waals surface area contributed by atoms with Gasteiger partial charge in [-0.05, 0) is 36.0 Å². The van der Waals surface area contributed by atoms with E-state index in [1.54, 1.807) is 91.0 Å². The molecule has 6 amide bonds. The van der Waals surface area contributed by atoms with Crippen molar-refractivity contribution in [2.24, 2.45) is 17.8 Å². The first-order valence-electron chi connectivity index (χ1n) is 22.4. The molecule has 3 aromatic carbocycles. The van der Waals surface area contributed by atoms with Crippen LogP contribution in [0.1, 0.15) is 55.2 Å². The van der Waals surface area contributed by atoms with Crippen molar-refractivity contribution in [2.75, 3.05) is 0 Å². The SMILES string of the molecule is O=C(O)C[C@H](NC(=O)[C@H](Cc1ccccc1)NC(=O)C1CC(C(=O)N[C@@H](Cc2ccccc2)C(=O)N[C@@H](CC(=O)O)C(=O)O)CC(C(=O)N[C@@H](Cc2ccccc2)C(=O)N[C@@H](CC(=O)O)C(=O)O)C1)C(=O)O. The fourth-order valence-corrected chi connectivity index (χ4v) is 7.95. The molecule has 6 atom stereocenters. The summed E-state index contributed by atoms with van der Waals surface area (Å²) in [6, 6.07) is 13.7. The van der Waals surface area contributed by atoms with Crippen LogP contribution in [-0.2, 0) is 76.8 Å². The molecule has 0 unspecified atom stereocenters. The minimum atomic E-state index is -1.92. The zero-order valence-corrected chi connectivity index (χ0v) is 38.3. The average molecular weight is 1000 g/mol. The lowest BCUT2D eigenvalue weighted by Gasteiger charge is -2.35. The number of amides is 6. The second-order valence-electron chi connectivity index (χ2n) is 17.0. The van der Waals surface area contributed by atoms with Gasteiger partial charge < -0.3 is 62.5 Å². The molecule has 1 saturated carbocycles. The second-order valence-corrected chi connectivity index (χ2v) is 17.0. The number of carboxylic acid groups (broad SMARTS) is 6. The summed E-state index contributed by atoms with van der Waals surface area (Å²) >= 11 is 0. The highest BCUT2D eigenvalue weighted by atomic mass is 16.4. The zero-order chi connectivity index (χ0) is 53.1. The third-order valence-electron chi connectivity index (χ3n) is 11.5. The predicted octanol–water partition coefficient (Wildman–Crippen LogP) is -0.666. The molecular weight excluding hydrogens is 949 g/mol. The number of nitrogens with one attached hydrogen (secondary N) is 6. The third kappa shape index (κ3) is 18.0. The fourth-order valence-electron chi connectivity index (χ4n) is 7.95. The fraction of sp³-hybridized carbons (Fsp3) is 0.375. The molecule has 24 nitrogen and oxygen atoms in total. The third-order valence-corrected chi connectivity index (χ3v) is 11.5. The van der Waals surface area contributed by atoms with E-state index in [2.05, 4.69) is 31.9 Å². The maximum atomic E-state index is 14.4. The van der Waals surface area contributed by atoms with E-state index < -0.39 is 145 Å². The highest BCUT2D eigenvalue weighted by molar-refractivity contribution is 5.96. The van der Waals surface area contributed by atoms with Crippen LogP contribution < -0.4 is 31.9 Å². The summed E-state index contributed by atoms with van der Waals surface area (Å²) in [6.45, 7) is 0. The highest BCUT2D eigenvalue weighted by Gasteiger charge is 2.42. The summed E-state index contributed by atoms with van der Waals surface area (Å²) in [6.07, 6.45) is -4.99.